The smallest absolute Gasteiger partial charge is 0.243 e. The normalized spacial score (nSPS) is 11.5. The maximum Gasteiger partial charge on any atom is 0.243 e. The van der Waals surface area contributed by atoms with Gasteiger partial charge in [-0.05, 0) is 47.5 Å². The number of benzene rings is 3. The second-order valence-corrected chi connectivity index (χ2v) is 10.4. The van der Waals surface area contributed by atoms with E-state index in [9.17, 15) is 13.2 Å². The van der Waals surface area contributed by atoms with Crippen molar-refractivity contribution in [2.24, 2.45) is 0 Å². The molecular formula is C22H19BrCl2N2O3S. The SMILES string of the molecule is O=C(CN(Cc1ccc(Cl)cc1Cl)S(=O)(=O)c1ccc(Br)cc1)NCc1ccccc1. The third-order valence-electron chi connectivity index (χ3n) is 4.47. The molecule has 0 aromatic heterocycles. The van der Waals surface area contributed by atoms with Crippen molar-refractivity contribution in [3.05, 3.63) is 98.4 Å². The minimum atomic E-state index is -3.96. The van der Waals surface area contributed by atoms with Gasteiger partial charge in [0.05, 0.1) is 11.4 Å². The predicted molar refractivity (Wildman–Crippen MR) is 126 cm³/mol. The van der Waals surface area contributed by atoms with E-state index >= 15 is 0 Å². The van der Waals surface area contributed by atoms with Gasteiger partial charge in [-0.15, -0.1) is 0 Å². The van der Waals surface area contributed by atoms with Crippen LogP contribution in [-0.2, 0) is 27.9 Å². The van der Waals surface area contributed by atoms with Gasteiger partial charge in [-0.3, -0.25) is 4.79 Å². The van der Waals surface area contributed by atoms with Gasteiger partial charge in [-0.2, -0.15) is 4.31 Å². The van der Waals surface area contributed by atoms with Crippen molar-refractivity contribution in [2.75, 3.05) is 6.54 Å². The van der Waals surface area contributed by atoms with Crippen LogP contribution in [-0.4, -0.2) is 25.2 Å². The first-order valence-electron chi connectivity index (χ1n) is 9.26. The predicted octanol–water partition coefficient (Wildman–Crippen LogP) is 5.26. The van der Waals surface area contributed by atoms with Crippen molar-refractivity contribution in [1.82, 2.24) is 9.62 Å². The first-order chi connectivity index (χ1) is 14.8. The van der Waals surface area contributed by atoms with Gasteiger partial charge < -0.3 is 5.32 Å². The zero-order valence-electron chi connectivity index (χ0n) is 16.3. The molecule has 0 saturated heterocycles. The van der Waals surface area contributed by atoms with Gasteiger partial charge in [0.1, 0.15) is 0 Å². The molecule has 3 rings (SSSR count). The molecule has 0 aliphatic heterocycles. The highest BCUT2D eigenvalue weighted by atomic mass is 79.9. The Balaban J connectivity index is 1.84. The van der Waals surface area contributed by atoms with Crippen molar-refractivity contribution in [3.8, 4) is 0 Å². The molecule has 162 valence electrons. The van der Waals surface area contributed by atoms with Gasteiger partial charge >= 0.3 is 0 Å². The highest BCUT2D eigenvalue weighted by molar-refractivity contribution is 9.10. The minimum absolute atomic E-state index is 0.0762. The van der Waals surface area contributed by atoms with Crippen LogP contribution in [0, 0.1) is 0 Å². The molecule has 0 unspecified atom stereocenters. The Labute approximate surface area is 200 Å². The van der Waals surface area contributed by atoms with Crippen LogP contribution >= 0.6 is 39.1 Å². The number of carbonyl (C=O) groups excluding carboxylic acids is 1. The Bertz CT molecular complexity index is 1160. The van der Waals surface area contributed by atoms with E-state index in [-0.39, 0.29) is 18.0 Å². The summed E-state index contributed by atoms with van der Waals surface area (Å²) < 4.78 is 28.4. The molecule has 1 N–H and O–H groups in total. The number of nitrogens with zero attached hydrogens (tertiary/aromatic N) is 1. The molecule has 3 aromatic carbocycles. The Kier molecular flexibility index (Phi) is 8.13. The number of sulfonamides is 1. The molecule has 5 nitrogen and oxygen atoms in total. The third-order valence-corrected chi connectivity index (χ3v) is 7.39. The molecule has 0 heterocycles. The number of halogens is 3. The number of nitrogens with one attached hydrogen (secondary N) is 1. The first kappa shape index (κ1) is 23.8. The number of amides is 1. The van der Waals surface area contributed by atoms with Crippen LogP contribution in [0.15, 0.2) is 82.2 Å². The lowest BCUT2D eigenvalue weighted by Crippen LogP contribution is -2.40. The Morgan fingerprint density at radius 2 is 1.65 bits per heavy atom. The zero-order valence-corrected chi connectivity index (χ0v) is 20.2. The molecule has 0 fully saturated rings. The Morgan fingerprint density at radius 1 is 0.968 bits per heavy atom. The lowest BCUT2D eigenvalue weighted by atomic mass is 10.2. The topological polar surface area (TPSA) is 66.5 Å². The summed E-state index contributed by atoms with van der Waals surface area (Å²) >= 11 is 15.5. The lowest BCUT2D eigenvalue weighted by Gasteiger charge is -2.22. The summed E-state index contributed by atoms with van der Waals surface area (Å²) in [5, 5.41) is 3.53. The van der Waals surface area contributed by atoms with E-state index in [1.807, 2.05) is 30.3 Å². The molecule has 0 radical (unpaired) electrons. The van der Waals surface area contributed by atoms with E-state index in [2.05, 4.69) is 21.2 Å². The van der Waals surface area contributed by atoms with E-state index in [1.165, 1.54) is 12.1 Å². The van der Waals surface area contributed by atoms with Crippen molar-refractivity contribution < 1.29 is 13.2 Å². The largest absolute Gasteiger partial charge is 0.351 e. The fourth-order valence-electron chi connectivity index (χ4n) is 2.83. The highest BCUT2D eigenvalue weighted by Crippen LogP contribution is 2.25. The van der Waals surface area contributed by atoms with Gasteiger partial charge in [0, 0.05) is 27.6 Å². The molecule has 1 amide bonds. The van der Waals surface area contributed by atoms with Gasteiger partial charge in [0.25, 0.3) is 0 Å². The van der Waals surface area contributed by atoms with Crippen molar-refractivity contribution >= 4 is 55.1 Å². The quantitative estimate of drug-likeness (QED) is 0.423. The fourth-order valence-corrected chi connectivity index (χ4v) is 4.94. The number of hydrogen-bond acceptors (Lipinski definition) is 3. The number of carbonyl (C=O) groups is 1. The van der Waals surface area contributed by atoms with Crippen LogP contribution in [0.1, 0.15) is 11.1 Å². The summed E-state index contributed by atoms with van der Waals surface area (Å²) in [7, 11) is -3.96. The second kappa shape index (κ2) is 10.6. The molecular weight excluding hydrogens is 523 g/mol. The van der Waals surface area contributed by atoms with E-state index in [4.69, 9.17) is 23.2 Å². The molecule has 0 bridgehead atoms. The minimum Gasteiger partial charge on any atom is -0.351 e. The lowest BCUT2D eigenvalue weighted by molar-refractivity contribution is -0.121. The first-order valence-corrected chi connectivity index (χ1v) is 12.2. The van der Waals surface area contributed by atoms with E-state index in [0.29, 0.717) is 22.2 Å². The third kappa shape index (κ3) is 6.54. The molecule has 0 saturated carbocycles. The van der Waals surface area contributed by atoms with E-state index < -0.39 is 15.9 Å². The van der Waals surface area contributed by atoms with E-state index in [0.717, 1.165) is 14.3 Å². The Hall–Kier alpha value is -1.90. The monoisotopic (exact) mass is 540 g/mol. The molecule has 0 spiro atoms. The maximum atomic E-state index is 13.3. The van der Waals surface area contributed by atoms with Crippen LogP contribution in [0.5, 0.6) is 0 Å². The van der Waals surface area contributed by atoms with Gasteiger partial charge in [0.15, 0.2) is 0 Å². The van der Waals surface area contributed by atoms with Gasteiger partial charge in [-0.1, -0.05) is 75.5 Å². The highest BCUT2D eigenvalue weighted by Gasteiger charge is 2.27. The van der Waals surface area contributed by atoms with Crippen LogP contribution in [0.4, 0.5) is 0 Å². The second-order valence-electron chi connectivity index (χ2n) is 6.73. The van der Waals surface area contributed by atoms with Crippen molar-refractivity contribution in [2.45, 2.75) is 18.0 Å². The maximum absolute atomic E-state index is 13.3. The van der Waals surface area contributed by atoms with Gasteiger partial charge in [-0.25, -0.2) is 8.42 Å². The van der Waals surface area contributed by atoms with E-state index in [1.54, 1.807) is 30.3 Å². The molecule has 0 aliphatic rings. The summed E-state index contributed by atoms with van der Waals surface area (Å²) in [5.41, 5.74) is 1.46. The molecule has 0 aliphatic carbocycles. The Morgan fingerprint density at radius 3 is 2.29 bits per heavy atom. The number of rotatable bonds is 8. The van der Waals surface area contributed by atoms with Gasteiger partial charge in [0.2, 0.25) is 15.9 Å². The fraction of sp³-hybridized carbons (Fsp3) is 0.136. The molecule has 31 heavy (non-hydrogen) atoms. The molecule has 9 heteroatoms. The molecule has 3 aromatic rings. The average molecular weight is 542 g/mol. The van der Waals surface area contributed by atoms with Crippen LogP contribution in [0.2, 0.25) is 10.0 Å². The zero-order chi connectivity index (χ0) is 22.4. The van der Waals surface area contributed by atoms with Crippen molar-refractivity contribution in [1.29, 1.82) is 0 Å². The summed E-state index contributed by atoms with van der Waals surface area (Å²) in [5.74, 6) is -0.422. The summed E-state index contributed by atoms with van der Waals surface area (Å²) in [4.78, 5) is 12.7. The number of hydrogen-bond donors (Lipinski definition) is 1. The summed E-state index contributed by atoms with van der Waals surface area (Å²) in [6.45, 7) is -0.134. The standard InChI is InChI=1S/C22H19BrCl2N2O3S/c23-18-7-10-20(11-8-18)31(29,30)27(14-17-6-9-19(24)12-21(17)25)15-22(28)26-13-16-4-2-1-3-5-16/h1-12H,13-15H2,(H,26,28). The van der Waals surface area contributed by atoms with Crippen LogP contribution in [0.3, 0.4) is 0 Å². The molecule has 0 atom stereocenters. The summed E-state index contributed by atoms with van der Waals surface area (Å²) in [6.07, 6.45) is 0. The summed E-state index contributed by atoms with van der Waals surface area (Å²) in [6, 6.07) is 20.4. The van der Waals surface area contributed by atoms with Crippen LogP contribution < -0.4 is 5.32 Å². The van der Waals surface area contributed by atoms with Crippen molar-refractivity contribution in [3.63, 3.8) is 0 Å². The average Bonchev–Trinajstić information content (AvgIpc) is 2.74. The van der Waals surface area contributed by atoms with Crippen LogP contribution in [0.25, 0.3) is 0 Å².